The molecule has 1 heterocycles. The number of aryl methyl sites for hydroxylation is 1. The number of carbonyl (C=O) groups excluding carboxylic acids is 1. The molecule has 1 N–H and O–H groups in total. The number of piperazine rings is 1. The van der Waals surface area contributed by atoms with Crippen LogP contribution in [0.3, 0.4) is 0 Å². The number of nitrogens with one attached hydrogen (secondary N) is 1. The van der Waals surface area contributed by atoms with Gasteiger partial charge in [-0.15, -0.1) is 0 Å². The number of hydrogen-bond acceptors (Lipinski definition) is 3. The molecule has 0 saturated carbocycles. The lowest BCUT2D eigenvalue weighted by molar-refractivity contribution is -0.132. The van der Waals surface area contributed by atoms with Gasteiger partial charge < -0.3 is 15.0 Å². The largest absolute Gasteiger partial charge is 0.493 e. The summed E-state index contributed by atoms with van der Waals surface area (Å²) in [4.78, 5) is 14.0. The lowest BCUT2D eigenvalue weighted by Crippen LogP contribution is -2.46. The summed E-state index contributed by atoms with van der Waals surface area (Å²) in [5, 5.41) is 3.25. The Hall–Kier alpha value is -1.55. The highest BCUT2D eigenvalue weighted by Gasteiger charge is 2.16. The monoisotopic (exact) mass is 290 g/mol. The van der Waals surface area contributed by atoms with Gasteiger partial charge in [-0.1, -0.05) is 26.0 Å². The molecule has 4 nitrogen and oxygen atoms in total. The topological polar surface area (TPSA) is 41.6 Å². The zero-order valence-electron chi connectivity index (χ0n) is 13.3. The maximum absolute atomic E-state index is 12.1. The maximum Gasteiger partial charge on any atom is 0.226 e. The minimum absolute atomic E-state index is 0.189. The average Bonchev–Trinajstić information content (AvgIpc) is 2.49. The van der Waals surface area contributed by atoms with Crippen molar-refractivity contribution in [2.24, 2.45) is 0 Å². The van der Waals surface area contributed by atoms with Crippen molar-refractivity contribution in [3.05, 3.63) is 29.3 Å². The van der Waals surface area contributed by atoms with Crippen LogP contribution in [0.2, 0.25) is 0 Å². The molecule has 116 valence electrons. The Morgan fingerprint density at radius 1 is 1.33 bits per heavy atom. The molecule has 0 radical (unpaired) electrons. The highest BCUT2D eigenvalue weighted by molar-refractivity contribution is 5.76. The molecule has 1 aliphatic rings. The smallest absolute Gasteiger partial charge is 0.226 e. The molecular formula is C17H26N2O2. The number of benzene rings is 1. The van der Waals surface area contributed by atoms with Gasteiger partial charge in [0, 0.05) is 26.2 Å². The molecule has 0 unspecified atom stereocenters. The van der Waals surface area contributed by atoms with Crippen LogP contribution in [0.25, 0.3) is 0 Å². The Labute approximate surface area is 127 Å². The molecule has 21 heavy (non-hydrogen) atoms. The Morgan fingerprint density at radius 3 is 2.71 bits per heavy atom. The molecule has 2 rings (SSSR count). The van der Waals surface area contributed by atoms with Gasteiger partial charge in [0.1, 0.15) is 5.75 Å². The number of rotatable bonds is 5. The molecule has 1 aromatic carbocycles. The molecular weight excluding hydrogens is 264 g/mol. The first-order valence-corrected chi connectivity index (χ1v) is 7.80. The van der Waals surface area contributed by atoms with Crippen molar-refractivity contribution in [1.82, 2.24) is 10.2 Å². The fourth-order valence-corrected chi connectivity index (χ4v) is 2.45. The van der Waals surface area contributed by atoms with Gasteiger partial charge in [0.05, 0.1) is 13.0 Å². The standard InChI is InChI=1S/C17H26N2O2/c1-13(2)15-5-4-14(3)16(12-15)21-11-6-17(20)19-9-7-18-8-10-19/h4-5,12-13,18H,6-11H2,1-3H3. The summed E-state index contributed by atoms with van der Waals surface area (Å²) in [6.45, 7) is 10.2. The highest BCUT2D eigenvalue weighted by atomic mass is 16.5. The van der Waals surface area contributed by atoms with Gasteiger partial charge in [0.25, 0.3) is 0 Å². The quantitative estimate of drug-likeness (QED) is 0.905. The third-order valence-corrected chi connectivity index (χ3v) is 3.92. The summed E-state index contributed by atoms with van der Waals surface area (Å²) in [7, 11) is 0. The van der Waals surface area contributed by atoms with Crippen LogP contribution in [-0.4, -0.2) is 43.6 Å². The highest BCUT2D eigenvalue weighted by Crippen LogP contribution is 2.24. The van der Waals surface area contributed by atoms with Crippen LogP contribution < -0.4 is 10.1 Å². The molecule has 4 heteroatoms. The van der Waals surface area contributed by atoms with Crippen LogP contribution in [0.5, 0.6) is 5.75 Å². The first-order chi connectivity index (χ1) is 10.1. The van der Waals surface area contributed by atoms with E-state index in [1.54, 1.807) is 0 Å². The Morgan fingerprint density at radius 2 is 2.05 bits per heavy atom. The molecule has 1 saturated heterocycles. The molecule has 0 spiro atoms. The Balaban J connectivity index is 1.85. The summed E-state index contributed by atoms with van der Waals surface area (Å²) in [6, 6.07) is 6.32. The SMILES string of the molecule is Cc1ccc(C(C)C)cc1OCCC(=O)N1CCNCC1. The number of carbonyl (C=O) groups is 1. The second kappa shape index (κ2) is 7.46. The predicted octanol–water partition coefficient (Wildman–Crippen LogP) is 2.32. The molecule has 1 fully saturated rings. The van der Waals surface area contributed by atoms with E-state index in [0.717, 1.165) is 37.5 Å². The normalized spacial score (nSPS) is 15.3. The van der Waals surface area contributed by atoms with Gasteiger partial charge in [-0.2, -0.15) is 0 Å². The van der Waals surface area contributed by atoms with Gasteiger partial charge >= 0.3 is 0 Å². The fourth-order valence-electron chi connectivity index (χ4n) is 2.45. The number of amides is 1. The second-order valence-corrected chi connectivity index (χ2v) is 5.91. The maximum atomic E-state index is 12.1. The minimum atomic E-state index is 0.189. The summed E-state index contributed by atoms with van der Waals surface area (Å²) < 4.78 is 5.83. The molecule has 1 aromatic rings. The van der Waals surface area contributed by atoms with E-state index < -0.39 is 0 Å². The van der Waals surface area contributed by atoms with E-state index in [0.29, 0.717) is 18.9 Å². The first-order valence-electron chi connectivity index (χ1n) is 7.80. The molecule has 1 amide bonds. The van der Waals surface area contributed by atoms with Crippen LogP contribution in [0, 0.1) is 6.92 Å². The van der Waals surface area contributed by atoms with Gasteiger partial charge in [-0.3, -0.25) is 4.79 Å². The molecule has 0 atom stereocenters. The van der Waals surface area contributed by atoms with Gasteiger partial charge in [0.2, 0.25) is 5.91 Å². The van der Waals surface area contributed by atoms with E-state index in [1.165, 1.54) is 5.56 Å². The Kier molecular flexibility index (Phi) is 5.62. The van der Waals surface area contributed by atoms with Crippen LogP contribution in [0.15, 0.2) is 18.2 Å². The minimum Gasteiger partial charge on any atom is -0.493 e. The number of nitrogens with zero attached hydrogens (tertiary/aromatic N) is 1. The van der Waals surface area contributed by atoms with Crippen molar-refractivity contribution >= 4 is 5.91 Å². The third kappa shape index (κ3) is 4.46. The van der Waals surface area contributed by atoms with Crippen LogP contribution in [0.1, 0.15) is 37.3 Å². The van der Waals surface area contributed by atoms with E-state index in [-0.39, 0.29) is 5.91 Å². The second-order valence-electron chi connectivity index (χ2n) is 5.91. The summed E-state index contributed by atoms with van der Waals surface area (Å²) in [6.07, 6.45) is 0.450. The van der Waals surface area contributed by atoms with Crippen LogP contribution in [0.4, 0.5) is 0 Å². The molecule has 0 aromatic heterocycles. The van der Waals surface area contributed by atoms with Crippen molar-refractivity contribution in [3.63, 3.8) is 0 Å². The van der Waals surface area contributed by atoms with Crippen LogP contribution in [-0.2, 0) is 4.79 Å². The number of hydrogen-bond donors (Lipinski definition) is 1. The first kappa shape index (κ1) is 15.8. The molecule has 1 aliphatic heterocycles. The van der Waals surface area contributed by atoms with Gasteiger partial charge in [-0.05, 0) is 30.0 Å². The average molecular weight is 290 g/mol. The third-order valence-electron chi connectivity index (χ3n) is 3.92. The van der Waals surface area contributed by atoms with Crippen molar-refractivity contribution in [2.45, 2.75) is 33.1 Å². The summed E-state index contributed by atoms with van der Waals surface area (Å²) in [5.74, 6) is 1.57. The Bertz CT molecular complexity index is 480. The van der Waals surface area contributed by atoms with E-state index >= 15 is 0 Å². The zero-order chi connectivity index (χ0) is 15.2. The van der Waals surface area contributed by atoms with E-state index in [1.807, 2.05) is 11.8 Å². The van der Waals surface area contributed by atoms with Gasteiger partial charge in [-0.25, -0.2) is 0 Å². The van der Waals surface area contributed by atoms with E-state index in [9.17, 15) is 4.79 Å². The van der Waals surface area contributed by atoms with Gasteiger partial charge in [0.15, 0.2) is 0 Å². The van der Waals surface area contributed by atoms with Crippen LogP contribution >= 0.6 is 0 Å². The lowest BCUT2D eigenvalue weighted by atomic mass is 10.0. The van der Waals surface area contributed by atoms with Crippen molar-refractivity contribution in [2.75, 3.05) is 32.8 Å². The van der Waals surface area contributed by atoms with Crippen molar-refractivity contribution in [1.29, 1.82) is 0 Å². The van der Waals surface area contributed by atoms with E-state index in [4.69, 9.17) is 4.74 Å². The molecule has 0 aliphatic carbocycles. The van der Waals surface area contributed by atoms with Crippen molar-refractivity contribution in [3.8, 4) is 5.75 Å². The zero-order valence-corrected chi connectivity index (χ0v) is 13.3. The summed E-state index contributed by atoms with van der Waals surface area (Å²) >= 11 is 0. The van der Waals surface area contributed by atoms with E-state index in [2.05, 4.69) is 37.4 Å². The lowest BCUT2D eigenvalue weighted by Gasteiger charge is -2.27. The molecule has 0 bridgehead atoms. The fraction of sp³-hybridized carbons (Fsp3) is 0.588. The van der Waals surface area contributed by atoms with Crippen molar-refractivity contribution < 1.29 is 9.53 Å². The summed E-state index contributed by atoms with van der Waals surface area (Å²) in [5.41, 5.74) is 2.39. The number of ether oxygens (including phenoxy) is 1. The predicted molar refractivity (Wildman–Crippen MR) is 84.8 cm³/mol.